The standard InChI is InChI=1S/C14H18N2O3/c15-12-3-1-2-11(10-12)13(17)4-5-14(18)16-6-8-19-9-7-16/h1-3,10H,4-9,15H2. The molecule has 1 fully saturated rings. The average molecular weight is 262 g/mol. The van der Waals surface area contributed by atoms with E-state index in [0.29, 0.717) is 37.6 Å². The smallest absolute Gasteiger partial charge is 0.223 e. The van der Waals surface area contributed by atoms with E-state index in [2.05, 4.69) is 0 Å². The van der Waals surface area contributed by atoms with Gasteiger partial charge in [-0.1, -0.05) is 12.1 Å². The summed E-state index contributed by atoms with van der Waals surface area (Å²) in [6.07, 6.45) is 0.466. The van der Waals surface area contributed by atoms with Gasteiger partial charge in [-0.2, -0.15) is 0 Å². The minimum absolute atomic E-state index is 0.0144. The first-order valence-corrected chi connectivity index (χ1v) is 6.41. The molecular formula is C14H18N2O3. The van der Waals surface area contributed by atoms with E-state index in [1.54, 1.807) is 29.2 Å². The van der Waals surface area contributed by atoms with E-state index in [0.717, 1.165) is 0 Å². The highest BCUT2D eigenvalue weighted by molar-refractivity contribution is 5.98. The van der Waals surface area contributed by atoms with E-state index in [1.165, 1.54) is 0 Å². The maximum absolute atomic E-state index is 11.9. The number of hydrogen-bond donors (Lipinski definition) is 1. The van der Waals surface area contributed by atoms with Crippen molar-refractivity contribution >= 4 is 17.4 Å². The van der Waals surface area contributed by atoms with E-state index in [4.69, 9.17) is 10.5 Å². The van der Waals surface area contributed by atoms with Crippen molar-refractivity contribution in [3.63, 3.8) is 0 Å². The second kappa shape index (κ2) is 6.33. The van der Waals surface area contributed by atoms with Crippen LogP contribution in [-0.4, -0.2) is 42.9 Å². The zero-order valence-electron chi connectivity index (χ0n) is 10.8. The molecule has 1 saturated heterocycles. The Labute approximate surface area is 112 Å². The highest BCUT2D eigenvalue weighted by Gasteiger charge is 2.18. The van der Waals surface area contributed by atoms with Gasteiger partial charge in [-0.25, -0.2) is 0 Å². The molecule has 0 bridgehead atoms. The topological polar surface area (TPSA) is 72.6 Å². The zero-order chi connectivity index (χ0) is 13.7. The number of Topliss-reactive ketones (excluding diaryl/α,β-unsaturated/α-hetero) is 1. The van der Waals surface area contributed by atoms with Gasteiger partial charge in [0.05, 0.1) is 13.2 Å². The van der Waals surface area contributed by atoms with Crippen molar-refractivity contribution in [1.29, 1.82) is 0 Å². The summed E-state index contributed by atoms with van der Waals surface area (Å²) in [5.41, 5.74) is 6.75. The van der Waals surface area contributed by atoms with Crippen molar-refractivity contribution in [2.45, 2.75) is 12.8 Å². The van der Waals surface area contributed by atoms with Gasteiger partial charge < -0.3 is 15.4 Å². The number of benzene rings is 1. The lowest BCUT2D eigenvalue weighted by Gasteiger charge is -2.26. The molecule has 0 aliphatic carbocycles. The highest BCUT2D eigenvalue weighted by Crippen LogP contribution is 2.11. The van der Waals surface area contributed by atoms with Crippen LogP contribution in [0.1, 0.15) is 23.2 Å². The Morgan fingerprint density at radius 2 is 1.95 bits per heavy atom. The molecule has 2 rings (SSSR count). The predicted octanol–water partition coefficient (Wildman–Crippen LogP) is 1.09. The Kier molecular flexibility index (Phi) is 4.52. The molecule has 102 valence electrons. The van der Waals surface area contributed by atoms with Crippen LogP contribution in [0.3, 0.4) is 0 Å². The number of nitrogen functional groups attached to an aromatic ring is 1. The lowest BCUT2D eigenvalue weighted by atomic mass is 10.1. The van der Waals surface area contributed by atoms with Gasteiger partial charge in [0.15, 0.2) is 5.78 Å². The first-order chi connectivity index (χ1) is 9.16. The van der Waals surface area contributed by atoms with Gasteiger partial charge in [-0.05, 0) is 12.1 Å². The summed E-state index contributed by atoms with van der Waals surface area (Å²) >= 11 is 0. The van der Waals surface area contributed by atoms with Crippen molar-refractivity contribution in [1.82, 2.24) is 4.90 Å². The van der Waals surface area contributed by atoms with E-state index in [9.17, 15) is 9.59 Å². The van der Waals surface area contributed by atoms with Crippen molar-refractivity contribution in [2.75, 3.05) is 32.0 Å². The number of ether oxygens (including phenoxy) is 1. The summed E-state index contributed by atoms with van der Waals surface area (Å²) in [4.78, 5) is 25.6. The number of nitrogens with zero attached hydrogens (tertiary/aromatic N) is 1. The summed E-state index contributed by atoms with van der Waals surface area (Å²) in [5.74, 6) is -0.0329. The minimum Gasteiger partial charge on any atom is -0.399 e. The zero-order valence-corrected chi connectivity index (χ0v) is 10.8. The van der Waals surface area contributed by atoms with Crippen LogP contribution in [0, 0.1) is 0 Å². The normalized spacial score (nSPS) is 15.3. The molecule has 0 atom stereocenters. The van der Waals surface area contributed by atoms with Crippen LogP contribution in [0.2, 0.25) is 0 Å². The predicted molar refractivity (Wildman–Crippen MR) is 71.8 cm³/mol. The fourth-order valence-corrected chi connectivity index (χ4v) is 2.05. The molecule has 5 nitrogen and oxygen atoms in total. The van der Waals surface area contributed by atoms with Crippen molar-refractivity contribution < 1.29 is 14.3 Å². The number of rotatable bonds is 4. The molecule has 2 N–H and O–H groups in total. The van der Waals surface area contributed by atoms with E-state index in [1.807, 2.05) is 0 Å². The molecule has 0 spiro atoms. The second-order valence-corrected chi connectivity index (χ2v) is 4.54. The molecule has 1 aromatic carbocycles. The third-order valence-corrected chi connectivity index (χ3v) is 3.14. The Morgan fingerprint density at radius 3 is 2.63 bits per heavy atom. The van der Waals surface area contributed by atoms with Gasteiger partial charge in [-0.15, -0.1) is 0 Å². The van der Waals surface area contributed by atoms with Crippen LogP contribution < -0.4 is 5.73 Å². The number of morpholine rings is 1. The summed E-state index contributed by atoms with van der Waals surface area (Å²) in [6, 6.07) is 6.83. The second-order valence-electron chi connectivity index (χ2n) is 4.54. The number of carbonyl (C=O) groups excluding carboxylic acids is 2. The third kappa shape index (κ3) is 3.79. The van der Waals surface area contributed by atoms with Gasteiger partial charge >= 0.3 is 0 Å². The number of hydrogen-bond acceptors (Lipinski definition) is 4. The Bertz CT molecular complexity index is 468. The molecule has 0 saturated carbocycles. The van der Waals surface area contributed by atoms with E-state index in [-0.39, 0.29) is 24.5 Å². The fourth-order valence-electron chi connectivity index (χ4n) is 2.05. The number of amides is 1. The molecule has 19 heavy (non-hydrogen) atoms. The molecule has 1 heterocycles. The maximum atomic E-state index is 11.9. The SMILES string of the molecule is Nc1cccc(C(=O)CCC(=O)N2CCOCC2)c1. The van der Waals surface area contributed by atoms with Gasteiger partial charge in [0.2, 0.25) is 5.91 Å². The number of nitrogens with two attached hydrogens (primary N) is 1. The first kappa shape index (κ1) is 13.5. The molecule has 1 amide bonds. The van der Waals surface area contributed by atoms with Crippen LogP contribution in [-0.2, 0) is 9.53 Å². The largest absolute Gasteiger partial charge is 0.399 e. The Hall–Kier alpha value is -1.88. The minimum atomic E-state index is -0.0473. The summed E-state index contributed by atoms with van der Waals surface area (Å²) in [6.45, 7) is 2.39. The summed E-state index contributed by atoms with van der Waals surface area (Å²) in [5, 5.41) is 0. The molecule has 0 aromatic heterocycles. The van der Waals surface area contributed by atoms with Crippen molar-refractivity contribution in [3.05, 3.63) is 29.8 Å². The van der Waals surface area contributed by atoms with Gasteiger partial charge in [-0.3, -0.25) is 9.59 Å². The lowest BCUT2D eigenvalue weighted by molar-refractivity contribution is -0.135. The Morgan fingerprint density at radius 1 is 1.21 bits per heavy atom. The van der Waals surface area contributed by atoms with Gasteiger partial charge in [0.25, 0.3) is 0 Å². The molecular weight excluding hydrogens is 244 g/mol. The first-order valence-electron chi connectivity index (χ1n) is 6.41. The maximum Gasteiger partial charge on any atom is 0.223 e. The molecule has 0 radical (unpaired) electrons. The van der Waals surface area contributed by atoms with Crippen LogP contribution in [0.5, 0.6) is 0 Å². The fraction of sp³-hybridized carbons (Fsp3) is 0.429. The highest BCUT2D eigenvalue weighted by atomic mass is 16.5. The quantitative estimate of drug-likeness (QED) is 0.651. The summed E-state index contributed by atoms with van der Waals surface area (Å²) < 4.78 is 5.18. The monoisotopic (exact) mass is 262 g/mol. The van der Waals surface area contributed by atoms with Gasteiger partial charge in [0, 0.05) is 37.2 Å². The van der Waals surface area contributed by atoms with Crippen LogP contribution >= 0.6 is 0 Å². The van der Waals surface area contributed by atoms with Crippen LogP contribution in [0.4, 0.5) is 5.69 Å². The average Bonchev–Trinajstić information content (AvgIpc) is 2.45. The van der Waals surface area contributed by atoms with Crippen LogP contribution in [0.25, 0.3) is 0 Å². The van der Waals surface area contributed by atoms with Crippen LogP contribution in [0.15, 0.2) is 24.3 Å². The molecule has 5 heteroatoms. The Balaban J connectivity index is 1.84. The van der Waals surface area contributed by atoms with Crippen molar-refractivity contribution in [3.8, 4) is 0 Å². The number of ketones is 1. The van der Waals surface area contributed by atoms with E-state index < -0.39 is 0 Å². The molecule has 1 aromatic rings. The van der Waals surface area contributed by atoms with Gasteiger partial charge in [0.1, 0.15) is 0 Å². The lowest BCUT2D eigenvalue weighted by Crippen LogP contribution is -2.40. The third-order valence-electron chi connectivity index (χ3n) is 3.14. The molecule has 1 aliphatic rings. The summed E-state index contributed by atoms with van der Waals surface area (Å²) in [7, 11) is 0. The molecule has 0 unspecified atom stereocenters. The van der Waals surface area contributed by atoms with E-state index >= 15 is 0 Å². The number of anilines is 1. The van der Waals surface area contributed by atoms with Crippen molar-refractivity contribution in [2.24, 2.45) is 0 Å². The number of carbonyl (C=O) groups is 2. The molecule has 1 aliphatic heterocycles.